The number of amides is 2. The van der Waals surface area contributed by atoms with Crippen LogP contribution in [0.15, 0.2) is 48.5 Å². The Morgan fingerprint density at radius 2 is 1.67 bits per heavy atom. The zero-order valence-electron chi connectivity index (χ0n) is 18.0. The van der Waals surface area contributed by atoms with Gasteiger partial charge in [-0.25, -0.2) is 0 Å². The molecule has 0 aliphatic heterocycles. The van der Waals surface area contributed by atoms with Gasteiger partial charge in [-0.05, 0) is 50.5 Å². The van der Waals surface area contributed by atoms with Gasteiger partial charge in [0.25, 0.3) is 0 Å². The molecule has 1 atom stereocenters. The maximum Gasteiger partial charge on any atom is 0.243 e. The third-order valence-electron chi connectivity index (χ3n) is 4.57. The molecule has 1 N–H and O–H groups in total. The van der Waals surface area contributed by atoms with Gasteiger partial charge in [0.15, 0.2) is 0 Å². The van der Waals surface area contributed by atoms with E-state index in [1.807, 2.05) is 64.1 Å². The molecule has 4 nitrogen and oxygen atoms in total. The Hall–Kier alpha value is -2.04. The lowest BCUT2D eigenvalue weighted by Gasteiger charge is -2.34. The molecule has 0 radical (unpaired) electrons. The van der Waals surface area contributed by atoms with Crippen LogP contribution in [0.4, 0.5) is 0 Å². The Kier molecular flexibility index (Phi) is 8.75. The van der Waals surface area contributed by atoms with E-state index in [4.69, 9.17) is 23.2 Å². The van der Waals surface area contributed by atoms with Crippen molar-refractivity contribution in [1.82, 2.24) is 10.2 Å². The summed E-state index contributed by atoms with van der Waals surface area (Å²) < 4.78 is 0. The minimum Gasteiger partial charge on any atom is -0.350 e. The molecule has 2 amide bonds. The van der Waals surface area contributed by atoms with Crippen LogP contribution in [0.5, 0.6) is 0 Å². The smallest absolute Gasteiger partial charge is 0.243 e. The second-order valence-corrected chi connectivity index (χ2v) is 9.28. The Morgan fingerprint density at radius 1 is 1.00 bits per heavy atom. The number of halogens is 2. The highest BCUT2D eigenvalue weighted by Crippen LogP contribution is 2.24. The second-order valence-electron chi connectivity index (χ2n) is 8.46. The third kappa shape index (κ3) is 7.33. The van der Waals surface area contributed by atoms with Crippen molar-refractivity contribution in [1.29, 1.82) is 0 Å². The number of carbonyl (C=O) groups excluding carboxylic acids is 2. The minimum atomic E-state index is -0.639. The number of hydrogen-bond acceptors (Lipinski definition) is 2. The molecule has 0 aliphatic rings. The van der Waals surface area contributed by atoms with Crippen molar-refractivity contribution in [2.75, 3.05) is 0 Å². The molecule has 6 heteroatoms. The number of nitrogens with zero attached hydrogens (tertiary/aromatic N) is 1. The number of nitrogens with one attached hydrogen (secondary N) is 1. The van der Waals surface area contributed by atoms with E-state index in [9.17, 15) is 9.59 Å². The highest BCUT2D eigenvalue weighted by Gasteiger charge is 2.31. The second kappa shape index (κ2) is 10.8. The predicted octanol–water partition coefficient (Wildman–Crippen LogP) is 5.65. The zero-order chi connectivity index (χ0) is 22.3. The van der Waals surface area contributed by atoms with Gasteiger partial charge in [-0.2, -0.15) is 0 Å². The summed E-state index contributed by atoms with van der Waals surface area (Å²) in [7, 11) is 0. The van der Waals surface area contributed by atoms with Crippen LogP contribution in [0.25, 0.3) is 0 Å². The van der Waals surface area contributed by atoms with Crippen molar-refractivity contribution in [3.05, 3.63) is 69.7 Å². The van der Waals surface area contributed by atoms with E-state index in [0.717, 1.165) is 11.1 Å². The van der Waals surface area contributed by atoms with Gasteiger partial charge in [-0.3, -0.25) is 9.59 Å². The van der Waals surface area contributed by atoms with Crippen molar-refractivity contribution in [2.24, 2.45) is 0 Å². The van der Waals surface area contributed by atoms with Gasteiger partial charge in [-0.1, -0.05) is 66.5 Å². The van der Waals surface area contributed by atoms with Crippen molar-refractivity contribution < 1.29 is 9.59 Å². The molecule has 30 heavy (non-hydrogen) atoms. The monoisotopic (exact) mass is 448 g/mol. The predicted molar refractivity (Wildman–Crippen MR) is 124 cm³/mol. The average molecular weight is 449 g/mol. The van der Waals surface area contributed by atoms with E-state index in [-0.39, 0.29) is 18.4 Å². The summed E-state index contributed by atoms with van der Waals surface area (Å²) in [6.45, 7) is 8.03. The zero-order valence-corrected chi connectivity index (χ0v) is 19.6. The van der Waals surface area contributed by atoms with E-state index >= 15 is 0 Å². The summed E-state index contributed by atoms with van der Waals surface area (Å²) >= 11 is 12.2. The van der Waals surface area contributed by atoms with Crippen LogP contribution in [-0.2, 0) is 22.6 Å². The first-order chi connectivity index (χ1) is 14.1. The summed E-state index contributed by atoms with van der Waals surface area (Å²) in [4.78, 5) is 28.0. The van der Waals surface area contributed by atoms with E-state index in [1.165, 1.54) is 0 Å². The van der Waals surface area contributed by atoms with Crippen LogP contribution in [0.1, 0.15) is 51.7 Å². The van der Waals surface area contributed by atoms with Gasteiger partial charge in [0.2, 0.25) is 11.8 Å². The van der Waals surface area contributed by atoms with Gasteiger partial charge < -0.3 is 10.2 Å². The fourth-order valence-electron chi connectivity index (χ4n) is 3.20. The lowest BCUT2D eigenvalue weighted by Crippen LogP contribution is -2.54. The van der Waals surface area contributed by atoms with Gasteiger partial charge in [0.1, 0.15) is 6.04 Å². The Morgan fingerprint density at radius 3 is 2.23 bits per heavy atom. The molecule has 0 bridgehead atoms. The molecule has 0 heterocycles. The standard InChI is InChI=1S/C24H30Cl2N2O2/c1-5-9-22(29)28(16-18-12-13-19(25)20(26)14-18)21(23(30)27-24(2,3)4)15-17-10-7-6-8-11-17/h6-8,10-14,21H,5,9,15-16H2,1-4H3,(H,27,30)/t21-/m0/s1. The first-order valence-electron chi connectivity index (χ1n) is 10.2. The first-order valence-corrected chi connectivity index (χ1v) is 11.0. The van der Waals surface area contributed by atoms with Crippen molar-refractivity contribution >= 4 is 35.0 Å². The first kappa shape index (κ1) is 24.2. The van der Waals surface area contributed by atoms with Gasteiger partial charge in [0.05, 0.1) is 10.0 Å². The fraction of sp³-hybridized carbons (Fsp3) is 0.417. The van der Waals surface area contributed by atoms with Crippen LogP contribution in [-0.4, -0.2) is 28.3 Å². The third-order valence-corrected chi connectivity index (χ3v) is 5.31. The van der Waals surface area contributed by atoms with Crippen LogP contribution >= 0.6 is 23.2 Å². The normalized spacial score (nSPS) is 12.3. The lowest BCUT2D eigenvalue weighted by atomic mass is 10.00. The molecule has 0 unspecified atom stereocenters. The summed E-state index contributed by atoms with van der Waals surface area (Å²) in [6, 6.07) is 14.4. The number of carbonyl (C=O) groups is 2. The topological polar surface area (TPSA) is 49.4 Å². The number of rotatable bonds is 8. The van der Waals surface area contributed by atoms with Crippen LogP contribution in [0, 0.1) is 0 Å². The fourth-order valence-corrected chi connectivity index (χ4v) is 3.52. The van der Waals surface area contributed by atoms with E-state index in [2.05, 4.69) is 5.32 Å². The van der Waals surface area contributed by atoms with E-state index < -0.39 is 11.6 Å². The summed E-state index contributed by atoms with van der Waals surface area (Å²) in [5.41, 5.74) is 1.42. The van der Waals surface area contributed by atoms with Crippen LogP contribution in [0.2, 0.25) is 10.0 Å². The quantitative estimate of drug-likeness (QED) is 0.566. The van der Waals surface area contributed by atoms with Crippen molar-refractivity contribution in [2.45, 2.75) is 65.1 Å². The molecule has 162 valence electrons. The van der Waals surface area contributed by atoms with E-state index in [0.29, 0.717) is 29.3 Å². The highest BCUT2D eigenvalue weighted by atomic mass is 35.5. The molecule has 0 spiro atoms. The number of benzene rings is 2. The highest BCUT2D eigenvalue weighted by molar-refractivity contribution is 6.42. The van der Waals surface area contributed by atoms with Crippen molar-refractivity contribution in [3.63, 3.8) is 0 Å². The van der Waals surface area contributed by atoms with Gasteiger partial charge in [0, 0.05) is 24.9 Å². The van der Waals surface area contributed by atoms with Crippen molar-refractivity contribution in [3.8, 4) is 0 Å². The maximum absolute atomic E-state index is 13.3. The molecule has 2 aromatic rings. The lowest BCUT2D eigenvalue weighted by molar-refractivity contribution is -0.142. The Balaban J connectivity index is 2.42. The molecule has 0 saturated carbocycles. The minimum absolute atomic E-state index is 0.0615. The molecule has 0 aromatic heterocycles. The number of hydrogen-bond donors (Lipinski definition) is 1. The van der Waals surface area contributed by atoms with E-state index in [1.54, 1.807) is 17.0 Å². The molecule has 2 rings (SSSR count). The van der Waals surface area contributed by atoms with Gasteiger partial charge in [-0.15, -0.1) is 0 Å². The molecule has 0 saturated heterocycles. The molecular formula is C24H30Cl2N2O2. The Labute approximate surface area is 189 Å². The molecule has 0 aliphatic carbocycles. The summed E-state index contributed by atoms with van der Waals surface area (Å²) in [5, 5.41) is 3.93. The molecule has 0 fully saturated rings. The van der Waals surface area contributed by atoms with Crippen LogP contribution < -0.4 is 5.32 Å². The average Bonchev–Trinajstić information content (AvgIpc) is 2.67. The SMILES string of the molecule is CCCC(=O)N(Cc1ccc(Cl)c(Cl)c1)[C@@H](Cc1ccccc1)C(=O)NC(C)(C)C. The maximum atomic E-state index is 13.3. The summed E-state index contributed by atoms with van der Waals surface area (Å²) in [6.07, 6.45) is 1.50. The molecular weight excluding hydrogens is 419 g/mol. The van der Waals surface area contributed by atoms with Crippen LogP contribution in [0.3, 0.4) is 0 Å². The molecule has 2 aromatic carbocycles. The largest absolute Gasteiger partial charge is 0.350 e. The van der Waals surface area contributed by atoms with Gasteiger partial charge >= 0.3 is 0 Å². The summed E-state index contributed by atoms with van der Waals surface area (Å²) in [5.74, 6) is -0.232. The Bertz CT molecular complexity index is 863.